The Balaban J connectivity index is 1.88. The molecule has 1 aliphatic rings. The van der Waals surface area contributed by atoms with Gasteiger partial charge in [0, 0.05) is 0 Å². The maximum atomic E-state index is 10.2. The number of halogens is 1. The second-order valence-corrected chi connectivity index (χ2v) is 6.25. The van der Waals surface area contributed by atoms with Crippen LogP contribution in [0.2, 0.25) is 0 Å². The van der Waals surface area contributed by atoms with Crippen LogP contribution in [-0.4, -0.2) is 17.3 Å². The summed E-state index contributed by atoms with van der Waals surface area (Å²) in [5.74, 6) is 0.828. The van der Waals surface area contributed by atoms with E-state index in [0.717, 1.165) is 41.3 Å². The van der Waals surface area contributed by atoms with Crippen LogP contribution >= 0.6 is 15.9 Å². The fourth-order valence-electron chi connectivity index (χ4n) is 2.86. The van der Waals surface area contributed by atoms with E-state index >= 15 is 0 Å². The first-order chi connectivity index (χ1) is 9.75. The fraction of sp³-hybridized carbons (Fsp3) is 0.412. The highest BCUT2D eigenvalue weighted by atomic mass is 79.9. The van der Waals surface area contributed by atoms with E-state index in [4.69, 9.17) is 4.74 Å². The topological polar surface area (TPSA) is 29.5 Å². The Morgan fingerprint density at radius 2 is 1.80 bits per heavy atom. The minimum absolute atomic E-state index is 0.0880. The molecule has 1 saturated carbocycles. The number of benzene rings is 2. The molecule has 0 amide bonds. The molecule has 2 unspecified atom stereocenters. The fourth-order valence-corrected chi connectivity index (χ4v) is 3.45. The van der Waals surface area contributed by atoms with Gasteiger partial charge in [-0.2, -0.15) is 0 Å². The lowest BCUT2D eigenvalue weighted by Crippen LogP contribution is -2.30. The van der Waals surface area contributed by atoms with Crippen molar-refractivity contribution in [1.29, 1.82) is 0 Å². The van der Waals surface area contributed by atoms with Gasteiger partial charge in [-0.1, -0.05) is 43.2 Å². The monoisotopic (exact) mass is 334 g/mol. The molecule has 2 aromatic carbocycles. The smallest absolute Gasteiger partial charge is 0.134 e. The van der Waals surface area contributed by atoms with Gasteiger partial charge in [0.15, 0.2) is 0 Å². The van der Waals surface area contributed by atoms with E-state index in [0.29, 0.717) is 0 Å². The second kappa shape index (κ2) is 6.15. The number of hydrogen-bond donors (Lipinski definition) is 1. The lowest BCUT2D eigenvalue weighted by molar-refractivity contribution is 0.0316. The Morgan fingerprint density at radius 1 is 1.00 bits per heavy atom. The summed E-state index contributed by atoms with van der Waals surface area (Å²) in [4.78, 5) is 0. The Bertz CT molecular complexity index is 597. The second-order valence-electron chi connectivity index (χ2n) is 5.46. The van der Waals surface area contributed by atoms with Gasteiger partial charge in [0.2, 0.25) is 0 Å². The van der Waals surface area contributed by atoms with Gasteiger partial charge < -0.3 is 9.84 Å². The minimum Gasteiger partial charge on any atom is -0.487 e. The van der Waals surface area contributed by atoms with Crippen molar-refractivity contribution in [3.8, 4) is 5.75 Å². The molecule has 2 atom stereocenters. The predicted molar refractivity (Wildman–Crippen MR) is 85.2 cm³/mol. The van der Waals surface area contributed by atoms with E-state index in [-0.39, 0.29) is 12.2 Å². The molecule has 3 rings (SSSR count). The van der Waals surface area contributed by atoms with Crippen molar-refractivity contribution < 1.29 is 9.84 Å². The maximum Gasteiger partial charge on any atom is 0.134 e. The van der Waals surface area contributed by atoms with Gasteiger partial charge in [-0.15, -0.1) is 0 Å². The summed E-state index contributed by atoms with van der Waals surface area (Å²) in [6, 6.07) is 12.3. The standard InChI is InChI=1S/C17H19BrO2/c18-17-13-7-5-4-6-12(13)10-11-16(17)20-15-9-3-1-2-8-14(15)19/h4-7,10-11,14-15,19H,1-3,8-9H2. The van der Waals surface area contributed by atoms with Crippen molar-refractivity contribution in [3.05, 3.63) is 40.9 Å². The van der Waals surface area contributed by atoms with Crippen LogP contribution in [-0.2, 0) is 0 Å². The Kier molecular flexibility index (Phi) is 4.27. The molecule has 0 heterocycles. The van der Waals surface area contributed by atoms with Crippen LogP contribution in [0.4, 0.5) is 0 Å². The molecule has 0 saturated heterocycles. The number of hydrogen-bond acceptors (Lipinski definition) is 2. The molecule has 0 radical (unpaired) electrons. The molecule has 2 aromatic rings. The third-order valence-electron chi connectivity index (χ3n) is 4.02. The molecule has 0 bridgehead atoms. The van der Waals surface area contributed by atoms with Gasteiger partial charge in [0.1, 0.15) is 11.9 Å². The average molecular weight is 335 g/mol. The van der Waals surface area contributed by atoms with Crippen LogP contribution in [0, 0.1) is 0 Å². The third kappa shape index (κ3) is 2.84. The molecule has 1 N–H and O–H groups in total. The normalized spacial score (nSPS) is 23.5. The third-order valence-corrected chi connectivity index (χ3v) is 4.84. The first kappa shape index (κ1) is 13.9. The number of aliphatic hydroxyl groups is 1. The van der Waals surface area contributed by atoms with E-state index in [2.05, 4.69) is 34.1 Å². The van der Waals surface area contributed by atoms with Gasteiger partial charge in [-0.25, -0.2) is 0 Å². The largest absolute Gasteiger partial charge is 0.487 e. The van der Waals surface area contributed by atoms with Gasteiger partial charge >= 0.3 is 0 Å². The van der Waals surface area contributed by atoms with Crippen LogP contribution in [0.15, 0.2) is 40.9 Å². The SMILES string of the molecule is OC1CCCCCC1Oc1ccc2ccccc2c1Br. The Morgan fingerprint density at radius 3 is 2.70 bits per heavy atom. The van der Waals surface area contributed by atoms with Gasteiger partial charge in [-0.3, -0.25) is 0 Å². The summed E-state index contributed by atoms with van der Waals surface area (Å²) in [6.45, 7) is 0. The van der Waals surface area contributed by atoms with Crippen LogP contribution in [0.3, 0.4) is 0 Å². The van der Waals surface area contributed by atoms with Gasteiger partial charge in [0.05, 0.1) is 10.6 Å². The number of aliphatic hydroxyl groups excluding tert-OH is 1. The molecule has 0 aromatic heterocycles. The van der Waals surface area contributed by atoms with Crippen LogP contribution in [0.25, 0.3) is 10.8 Å². The van der Waals surface area contributed by atoms with E-state index in [1.165, 1.54) is 11.8 Å². The first-order valence-electron chi connectivity index (χ1n) is 7.27. The molecular formula is C17H19BrO2. The van der Waals surface area contributed by atoms with E-state index in [9.17, 15) is 5.11 Å². The molecule has 0 aliphatic heterocycles. The summed E-state index contributed by atoms with van der Waals surface area (Å²) >= 11 is 3.64. The van der Waals surface area contributed by atoms with Crippen LogP contribution < -0.4 is 4.74 Å². The highest BCUT2D eigenvalue weighted by molar-refractivity contribution is 9.10. The summed E-state index contributed by atoms with van der Waals surface area (Å²) in [7, 11) is 0. The average Bonchev–Trinajstić information content (AvgIpc) is 2.67. The number of fused-ring (bicyclic) bond motifs is 1. The van der Waals surface area contributed by atoms with Crippen molar-refractivity contribution in [2.75, 3.05) is 0 Å². The predicted octanol–water partition coefficient (Wildman–Crippen LogP) is 4.67. The Labute approximate surface area is 127 Å². The van der Waals surface area contributed by atoms with E-state index < -0.39 is 0 Å². The maximum absolute atomic E-state index is 10.2. The highest BCUT2D eigenvalue weighted by Gasteiger charge is 2.24. The molecule has 0 spiro atoms. The van der Waals surface area contributed by atoms with E-state index in [1.54, 1.807) is 0 Å². The van der Waals surface area contributed by atoms with Crippen molar-refractivity contribution >= 4 is 26.7 Å². The molecule has 1 fully saturated rings. The molecule has 3 heteroatoms. The number of rotatable bonds is 2. The lowest BCUT2D eigenvalue weighted by Gasteiger charge is -2.23. The molecular weight excluding hydrogens is 316 g/mol. The zero-order chi connectivity index (χ0) is 13.9. The van der Waals surface area contributed by atoms with E-state index in [1.807, 2.05) is 18.2 Å². The summed E-state index contributed by atoms with van der Waals surface area (Å²) in [5, 5.41) is 12.5. The summed E-state index contributed by atoms with van der Waals surface area (Å²) < 4.78 is 7.07. The summed E-state index contributed by atoms with van der Waals surface area (Å²) in [6.07, 6.45) is 4.75. The van der Waals surface area contributed by atoms with Crippen molar-refractivity contribution in [1.82, 2.24) is 0 Å². The van der Waals surface area contributed by atoms with Crippen LogP contribution in [0.1, 0.15) is 32.1 Å². The van der Waals surface area contributed by atoms with Crippen molar-refractivity contribution in [2.24, 2.45) is 0 Å². The highest BCUT2D eigenvalue weighted by Crippen LogP contribution is 2.35. The van der Waals surface area contributed by atoms with Crippen molar-refractivity contribution in [2.45, 2.75) is 44.3 Å². The summed E-state index contributed by atoms with van der Waals surface area (Å²) in [5.41, 5.74) is 0. The van der Waals surface area contributed by atoms with Gasteiger partial charge in [-0.05, 0) is 52.0 Å². The van der Waals surface area contributed by atoms with Crippen LogP contribution in [0.5, 0.6) is 5.75 Å². The molecule has 1 aliphatic carbocycles. The van der Waals surface area contributed by atoms with Gasteiger partial charge in [0.25, 0.3) is 0 Å². The minimum atomic E-state index is -0.351. The van der Waals surface area contributed by atoms with Crippen molar-refractivity contribution in [3.63, 3.8) is 0 Å². The zero-order valence-electron chi connectivity index (χ0n) is 11.4. The molecule has 2 nitrogen and oxygen atoms in total. The molecule has 106 valence electrons. The first-order valence-corrected chi connectivity index (χ1v) is 8.07. The molecule has 20 heavy (non-hydrogen) atoms. The quantitative estimate of drug-likeness (QED) is 0.808. The number of ether oxygens (including phenoxy) is 1. The Hall–Kier alpha value is -1.06. The zero-order valence-corrected chi connectivity index (χ0v) is 13.0. The lowest BCUT2D eigenvalue weighted by atomic mass is 10.1.